The fourth-order valence-corrected chi connectivity index (χ4v) is 3.68. The van der Waals surface area contributed by atoms with Gasteiger partial charge >= 0.3 is 0 Å². The molecule has 0 aromatic carbocycles. The van der Waals surface area contributed by atoms with Crippen LogP contribution in [0.1, 0.15) is 37.5 Å². The number of anilines is 1. The van der Waals surface area contributed by atoms with Gasteiger partial charge in [0.05, 0.1) is 6.61 Å². The van der Waals surface area contributed by atoms with E-state index in [0.717, 1.165) is 26.2 Å². The lowest BCUT2D eigenvalue weighted by Crippen LogP contribution is -2.32. The molecule has 0 amide bonds. The number of hydrogen-bond acceptors (Lipinski definition) is 5. The molecular formula is C14H25N3OS. The Morgan fingerprint density at radius 2 is 2.26 bits per heavy atom. The normalized spacial score (nSPS) is 16.1. The summed E-state index contributed by atoms with van der Waals surface area (Å²) in [4.78, 5) is 8.39. The second-order valence-electron chi connectivity index (χ2n) is 5.00. The van der Waals surface area contributed by atoms with Gasteiger partial charge in [0, 0.05) is 43.9 Å². The highest BCUT2D eigenvalue weighted by Gasteiger charge is 2.23. The van der Waals surface area contributed by atoms with Crippen LogP contribution in [0.3, 0.4) is 0 Å². The molecule has 4 nitrogen and oxygen atoms in total. The Bertz CT molecular complexity index is 363. The highest BCUT2D eigenvalue weighted by Crippen LogP contribution is 2.30. The van der Waals surface area contributed by atoms with Gasteiger partial charge in [0.25, 0.3) is 0 Å². The van der Waals surface area contributed by atoms with Crippen LogP contribution in [0.2, 0.25) is 0 Å². The van der Waals surface area contributed by atoms with Gasteiger partial charge in [-0.15, -0.1) is 11.3 Å². The zero-order valence-corrected chi connectivity index (χ0v) is 12.8. The number of nitrogens with zero attached hydrogens (tertiary/aromatic N) is 2. The van der Waals surface area contributed by atoms with Crippen molar-refractivity contribution >= 4 is 16.5 Å². The van der Waals surface area contributed by atoms with Gasteiger partial charge in [-0.2, -0.15) is 0 Å². The molecule has 0 spiro atoms. The van der Waals surface area contributed by atoms with Gasteiger partial charge in [0.15, 0.2) is 5.13 Å². The molecule has 1 aliphatic rings. The van der Waals surface area contributed by atoms with E-state index in [-0.39, 0.29) is 0 Å². The molecule has 0 aliphatic heterocycles. The first-order valence-electron chi connectivity index (χ1n) is 7.26. The van der Waals surface area contributed by atoms with Crippen LogP contribution in [0.4, 0.5) is 5.13 Å². The van der Waals surface area contributed by atoms with Crippen molar-refractivity contribution in [1.29, 1.82) is 0 Å². The third-order valence-corrected chi connectivity index (χ3v) is 4.71. The molecule has 108 valence electrons. The Hall–Kier alpha value is -0.650. The van der Waals surface area contributed by atoms with E-state index in [9.17, 15) is 0 Å². The van der Waals surface area contributed by atoms with Crippen LogP contribution in [0.15, 0.2) is 6.20 Å². The lowest BCUT2D eigenvalue weighted by molar-refractivity contribution is 0.199. The predicted molar refractivity (Wildman–Crippen MR) is 81.0 cm³/mol. The summed E-state index contributed by atoms with van der Waals surface area (Å²) >= 11 is 1.82. The quantitative estimate of drug-likeness (QED) is 0.744. The number of hydrogen-bond donors (Lipinski definition) is 1. The molecule has 0 unspecified atom stereocenters. The van der Waals surface area contributed by atoms with E-state index >= 15 is 0 Å². The molecule has 0 atom stereocenters. The van der Waals surface area contributed by atoms with Crippen molar-refractivity contribution in [3.8, 4) is 0 Å². The minimum atomic E-state index is 0.713. The van der Waals surface area contributed by atoms with Gasteiger partial charge in [-0.1, -0.05) is 12.8 Å². The van der Waals surface area contributed by atoms with Crippen LogP contribution in [0, 0.1) is 0 Å². The Labute approximate surface area is 120 Å². The summed E-state index contributed by atoms with van der Waals surface area (Å²) in [5, 5.41) is 4.56. The van der Waals surface area contributed by atoms with E-state index in [1.165, 1.54) is 35.7 Å². The summed E-state index contributed by atoms with van der Waals surface area (Å²) in [6.45, 7) is 5.84. The second kappa shape index (κ2) is 7.82. The van der Waals surface area contributed by atoms with Crippen LogP contribution in [0.25, 0.3) is 0 Å². The number of methoxy groups -OCH3 is 1. The maximum absolute atomic E-state index is 5.03. The molecule has 5 heteroatoms. The minimum Gasteiger partial charge on any atom is -0.383 e. The summed E-state index contributed by atoms with van der Waals surface area (Å²) < 4.78 is 5.03. The Morgan fingerprint density at radius 1 is 1.47 bits per heavy atom. The molecule has 0 bridgehead atoms. The fraction of sp³-hybridized carbons (Fsp3) is 0.786. The molecular weight excluding hydrogens is 258 g/mol. The van der Waals surface area contributed by atoms with Gasteiger partial charge in [0.2, 0.25) is 0 Å². The smallest absolute Gasteiger partial charge is 0.185 e. The largest absolute Gasteiger partial charge is 0.383 e. The zero-order valence-electron chi connectivity index (χ0n) is 12.0. The van der Waals surface area contributed by atoms with Crippen molar-refractivity contribution in [3.63, 3.8) is 0 Å². The van der Waals surface area contributed by atoms with Crippen molar-refractivity contribution in [2.24, 2.45) is 0 Å². The first-order chi connectivity index (χ1) is 9.35. The number of aromatic nitrogens is 1. The molecule has 19 heavy (non-hydrogen) atoms. The zero-order chi connectivity index (χ0) is 13.5. The van der Waals surface area contributed by atoms with Crippen molar-refractivity contribution in [3.05, 3.63) is 11.1 Å². The maximum atomic E-state index is 5.03. The van der Waals surface area contributed by atoms with Crippen LogP contribution in [0.5, 0.6) is 0 Å². The summed E-state index contributed by atoms with van der Waals surface area (Å²) in [6.07, 6.45) is 7.41. The Morgan fingerprint density at radius 3 is 2.95 bits per heavy atom. The Balaban J connectivity index is 1.87. The monoisotopic (exact) mass is 283 g/mol. The topological polar surface area (TPSA) is 37.4 Å². The number of ether oxygens (including phenoxy) is 1. The van der Waals surface area contributed by atoms with Gasteiger partial charge in [-0.05, 0) is 19.8 Å². The summed E-state index contributed by atoms with van der Waals surface area (Å²) in [7, 11) is 1.73. The number of nitrogens with one attached hydrogen (secondary N) is 1. The molecule has 1 aliphatic carbocycles. The summed E-state index contributed by atoms with van der Waals surface area (Å²) in [5.74, 6) is 0. The molecule has 1 heterocycles. The second-order valence-corrected chi connectivity index (χ2v) is 6.10. The summed E-state index contributed by atoms with van der Waals surface area (Å²) in [5.41, 5.74) is 0. The van der Waals surface area contributed by atoms with Crippen LogP contribution in [-0.4, -0.2) is 37.8 Å². The van der Waals surface area contributed by atoms with Crippen LogP contribution < -0.4 is 10.2 Å². The van der Waals surface area contributed by atoms with Gasteiger partial charge in [0.1, 0.15) is 0 Å². The number of rotatable bonds is 8. The average molecular weight is 283 g/mol. The van der Waals surface area contributed by atoms with Gasteiger partial charge < -0.3 is 15.0 Å². The van der Waals surface area contributed by atoms with Crippen LogP contribution in [-0.2, 0) is 11.3 Å². The van der Waals surface area contributed by atoms with E-state index in [1.54, 1.807) is 7.11 Å². The predicted octanol–water partition coefficient (Wildman–Crippen LogP) is 2.65. The highest BCUT2D eigenvalue weighted by atomic mass is 32.1. The third-order valence-electron chi connectivity index (χ3n) is 3.68. The van der Waals surface area contributed by atoms with Crippen LogP contribution >= 0.6 is 11.3 Å². The molecule has 0 radical (unpaired) electrons. The Kier molecular flexibility index (Phi) is 6.07. The minimum absolute atomic E-state index is 0.713. The first-order valence-corrected chi connectivity index (χ1v) is 8.07. The first kappa shape index (κ1) is 14.8. The maximum Gasteiger partial charge on any atom is 0.185 e. The molecule has 1 aromatic rings. The molecule has 0 saturated heterocycles. The molecule has 2 rings (SSSR count). The standard InChI is InChI=1S/C14H25N3OS/c1-3-17(12-6-4-5-7-12)14-16-11-13(19-14)10-15-8-9-18-2/h11-12,15H,3-10H2,1-2H3. The van der Waals surface area contributed by atoms with Crippen molar-refractivity contribution in [2.45, 2.75) is 45.2 Å². The SMILES string of the molecule is CCN(c1ncc(CNCCOC)s1)C1CCCC1. The highest BCUT2D eigenvalue weighted by molar-refractivity contribution is 7.15. The van der Waals surface area contributed by atoms with E-state index in [2.05, 4.69) is 22.1 Å². The molecule has 1 aromatic heterocycles. The number of thiazole rings is 1. The van der Waals surface area contributed by atoms with Gasteiger partial charge in [-0.25, -0.2) is 4.98 Å². The van der Waals surface area contributed by atoms with Crippen molar-refractivity contribution < 1.29 is 4.74 Å². The van der Waals surface area contributed by atoms with Crippen molar-refractivity contribution in [1.82, 2.24) is 10.3 Å². The average Bonchev–Trinajstić information content (AvgIpc) is 3.08. The molecule has 1 N–H and O–H groups in total. The van der Waals surface area contributed by atoms with Gasteiger partial charge in [-0.3, -0.25) is 0 Å². The molecule has 1 saturated carbocycles. The molecule has 1 fully saturated rings. The van der Waals surface area contributed by atoms with Crippen molar-refractivity contribution in [2.75, 3.05) is 31.7 Å². The third kappa shape index (κ3) is 4.16. The van der Waals surface area contributed by atoms with E-state index in [4.69, 9.17) is 4.74 Å². The van der Waals surface area contributed by atoms with E-state index in [1.807, 2.05) is 17.5 Å². The lowest BCUT2D eigenvalue weighted by Gasteiger charge is -2.26. The summed E-state index contributed by atoms with van der Waals surface area (Å²) in [6, 6.07) is 0.713. The van der Waals surface area contributed by atoms with E-state index in [0.29, 0.717) is 6.04 Å². The fourth-order valence-electron chi connectivity index (χ4n) is 2.66. The lowest BCUT2D eigenvalue weighted by atomic mass is 10.2. The van der Waals surface area contributed by atoms with E-state index < -0.39 is 0 Å².